The zero-order valence-electron chi connectivity index (χ0n) is 9.53. The monoisotopic (exact) mass is 214 g/mol. The Bertz CT molecular complexity index is 583. The third kappa shape index (κ3) is 1.00. The maximum absolute atomic E-state index is 12.2. The SMILES string of the molecule is CCN1Cc2c(c3ccccc3n2C)C1=O. The second-order valence-electron chi connectivity index (χ2n) is 4.22. The van der Waals surface area contributed by atoms with Crippen LogP contribution in [0.15, 0.2) is 24.3 Å². The molecule has 1 aromatic carbocycles. The molecule has 1 aromatic heterocycles. The molecule has 0 spiro atoms. The summed E-state index contributed by atoms with van der Waals surface area (Å²) in [4.78, 5) is 14.1. The van der Waals surface area contributed by atoms with E-state index in [-0.39, 0.29) is 5.91 Å². The van der Waals surface area contributed by atoms with Gasteiger partial charge in [0.25, 0.3) is 5.91 Å². The van der Waals surface area contributed by atoms with Crippen LogP contribution >= 0.6 is 0 Å². The first-order valence-corrected chi connectivity index (χ1v) is 5.59. The summed E-state index contributed by atoms with van der Waals surface area (Å²) < 4.78 is 2.14. The van der Waals surface area contributed by atoms with Gasteiger partial charge in [0.1, 0.15) is 0 Å². The Balaban J connectivity index is 2.33. The van der Waals surface area contributed by atoms with Gasteiger partial charge < -0.3 is 9.47 Å². The predicted octanol–water partition coefficient (Wildman–Crippen LogP) is 2.15. The van der Waals surface area contributed by atoms with Crippen LogP contribution in [0.4, 0.5) is 0 Å². The average Bonchev–Trinajstić information content (AvgIpc) is 2.78. The minimum atomic E-state index is 0.175. The number of carbonyl (C=O) groups excluding carboxylic acids is 1. The predicted molar refractivity (Wildman–Crippen MR) is 63.3 cm³/mol. The molecule has 0 unspecified atom stereocenters. The molecule has 2 heterocycles. The zero-order valence-corrected chi connectivity index (χ0v) is 9.53. The van der Waals surface area contributed by atoms with Gasteiger partial charge in [-0.2, -0.15) is 0 Å². The third-order valence-corrected chi connectivity index (χ3v) is 3.45. The molecule has 0 N–H and O–H groups in total. The molecule has 0 aliphatic carbocycles. The maximum atomic E-state index is 12.2. The van der Waals surface area contributed by atoms with Crippen molar-refractivity contribution in [1.82, 2.24) is 9.47 Å². The lowest BCUT2D eigenvalue weighted by Crippen LogP contribution is -2.23. The molecule has 1 aliphatic heterocycles. The Labute approximate surface area is 94.3 Å². The van der Waals surface area contributed by atoms with Crippen molar-refractivity contribution >= 4 is 16.8 Å². The number of fused-ring (bicyclic) bond motifs is 3. The van der Waals surface area contributed by atoms with Gasteiger partial charge in [-0.05, 0) is 13.0 Å². The first-order valence-electron chi connectivity index (χ1n) is 5.59. The number of benzene rings is 1. The molecule has 2 aromatic rings. The van der Waals surface area contributed by atoms with E-state index < -0.39 is 0 Å². The van der Waals surface area contributed by atoms with Crippen LogP contribution in [0.3, 0.4) is 0 Å². The Kier molecular flexibility index (Phi) is 1.84. The third-order valence-electron chi connectivity index (χ3n) is 3.45. The molecule has 0 atom stereocenters. The van der Waals surface area contributed by atoms with Crippen molar-refractivity contribution in [1.29, 1.82) is 0 Å². The number of amides is 1. The molecule has 0 saturated carbocycles. The lowest BCUT2D eigenvalue weighted by molar-refractivity contribution is 0.0787. The van der Waals surface area contributed by atoms with Crippen LogP contribution in [-0.2, 0) is 13.6 Å². The van der Waals surface area contributed by atoms with Gasteiger partial charge in [-0.15, -0.1) is 0 Å². The van der Waals surface area contributed by atoms with E-state index in [1.165, 1.54) is 0 Å². The fraction of sp³-hybridized carbons (Fsp3) is 0.308. The summed E-state index contributed by atoms with van der Waals surface area (Å²) in [5.74, 6) is 0.175. The summed E-state index contributed by atoms with van der Waals surface area (Å²) >= 11 is 0. The molecule has 0 radical (unpaired) electrons. The highest BCUT2D eigenvalue weighted by atomic mass is 16.2. The van der Waals surface area contributed by atoms with Crippen LogP contribution in [0, 0.1) is 0 Å². The van der Waals surface area contributed by atoms with Gasteiger partial charge in [0, 0.05) is 24.5 Å². The highest BCUT2D eigenvalue weighted by molar-refractivity contribution is 6.10. The van der Waals surface area contributed by atoms with Gasteiger partial charge in [-0.1, -0.05) is 18.2 Å². The lowest BCUT2D eigenvalue weighted by atomic mass is 10.1. The molecule has 0 bridgehead atoms. The molecule has 3 rings (SSSR count). The Morgan fingerprint density at radius 1 is 1.31 bits per heavy atom. The van der Waals surface area contributed by atoms with E-state index >= 15 is 0 Å². The van der Waals surface area contributed by atoms with Crippen LogP contribution in [0.25, 0.3) is 10.9 Å². The molecular weight excluding hydrogens is 200 g/mol. The van der Waals surface area contributed by atoms with E-state index in [1.807, 2.05) is 37.1 Å². The van der Waals surface area contributed by atoms with Gasteiger partial charge >= 0.3 is 0 Å². The van der Waals surface area contributed by atoms with E-state index in [0.717, 1.165) is 35.2 Å². The summed E-state index contributed by atoms with van der Waals surface area (Å²) in [5, 5.41) is 1.08. The van der Waals surface area contributed by atoms with Crippen molar-refractivity contribution in [2.75, 3.05) is 6.54 Å². The fourth-order valence-corrected chi connectivity index (χ4v) is 2.54. The smallest absolute Gasteiger partial charge is 0.256 e. The normalized spacial score (nSPS) is 14.9. The van der Waals surface area contributed by atoms with Gasteiger partial charge in [0.15, 0.2) is 0 Å². The van der Waals surface area contributed by atoms with E-state index in [1.54, 1.807) is 0 Å². The quantitative estimate of drug-likeness (QED) is 0.714. The van der Waals surface area contributed by atoms with Crippen LogP contribution in [0.5, 0.6) is 0 Å². The summed E-state index contributed by atoms with van der Waals surface area (Å²) in [6.45, 7) is 3.55. The van der Waals surface area contributed by atoms with Gasteiger partial charge in [-0.3, -0.25) is 4.79 Å². The van der Waals surface area contributed by atoms with Crippen molar-refractivity contribution in [2.45, 2.75) is 13.5 Å². The molecule has 82 valence electrons. The van der Waals surface area contributed by atoms with Gasteiger partial charge in [0.05, 0.1) is 17.8 Å². The number of nitrogens with zero attached hydrogens (tertiary/aromatic N) is 2. The maximum Gasteiger partial charge on any atom is 0.256 e. The molecular formula is C13H14N2O. The number of aryl methyl sites for hydroxylation is 1. The molecule has 0 fully saturated rings. The Morgan fingerprint density at radius 2 is 2.06 bits per heavy atom. The highest BCUT2D eigenvalue weighted by Gasteiger charge is 2.31. The van der Waals surface area contributed by atoms with Crippen LogP contribution < -0.4 is 0 Å². The fourth-order valence-electron chi connectivity index (χ4n) is 2.54. The molecule has 1 amide bonds. The van der Waals surface area contributed by atoms with E-state index in [4.69, 9.17) is 0 Å². The summed E-state index contributed by atoms with van der Waals surface area (Å²) in [7, 11) is 2.04. The van der Waals surface area contributed by atoms with Gasteiger partial charge in [-0.25, -0.2) is 0 Å². The van der Waals surface area contributed by atoms with Crippen molar-refractivity contribution in [3.05, 3.63) is 35.5 Å². The second kappa shape index (κ2) is 3.11. The van der Waals surface area contributed by atoms with Crippen molar-refractivity contribution in [2.24, 2.45) is 7.05 Å². The molecule has 3 nitrogen and oxygen atoms in total. The Morgan fingerprint density at radius 3 is 2.81 bits per heavy atom. The molecule has 0 saturated heterocycles. The molecule has 16 heavy (non-hydrogen) atoms. The summed E-state index contributed by atoms with van der Waals surface area (Å²) in [5.41, 5.74) is 3.20. The van der Waals surface area contributed by atoms with Gasteiger partial charge in [0.2, 0.25) is 0 Å². The standard InChI is InChI=1S/C13H14N2O/c1-3-15-8-11-12(13(15)16)9-6-4-5-7-10(9)14(11)2/h4-7H,3,8H2,1-2H3. The first-order chi connectivity index (χ1) is 7.74. The minimum absolute atomic E-state index is 0.175. The molecule has 1 aliphatic rings. The summed E-state index contributed by atoms with van der Waals surface area (Å²) in [6, 6.07) is 8.10. The van der Waals surface area contributed by atoms with Crippen LogP contribution in [0.2, 0.25) is 0 Å². The summed E-state index contributed by atoms with van der Waals surface area (Å²) in [6.07, 6.45) is 0. The van der Waals surface area contributed by atoms with Crippen molar-refractivity contribution in [3.8, 4) is 0 Å². The topological polar surface area (TPSA) is 25.2 Å². The van der Waals surface area contributed by atoms with Crippen LogP contribution in [-0.4, -0.2) is 21.9 Å². The van der Waals surface area contributed by atoms with Crippen molar-refractivity contribution in [3.63, 3.8) is 0 Å². The molecule has 3 heteroatoms. The van der Waals surface area contributed by atoms with E-state index in [9.17, 15) is 4.79 Å². The van der Waals surface area contributed by atoms with E-state index in [0.29, 0.717) is 0 Å². The minimum Gasteiger partial charge on any atom is -0.345 e. The number of hydrogen-bond donors (Lipinski definition) is 0. The van der Waals surface area contributed by atoms with E-state index in [2.05, 4.69) is 10.6 Å². The first kappa shape index (κ1) is 9.46. The number of para-hydroxylation sites is 1. The Hall–Kier alpha value is -1.77. The number of aromatic nitrogens is 1. The zero-order chi connectivity index (χ0) is 11.3. The average molecular weight is 214 g/mol. The van der Waals surface area contributed by atoms with Crippen molar-refractivity contribution < 1.29 is 4.79 Å². The number of rotatable bonds is 1. The largest absolute Gasteiger partial charge is 0.345 e. The highest BCUT2D eigenvalue weighted by Crippen LogP contribution is 2.32. The number of hydrogen-bond acceptors (Lipinski definition) is 1. The number of carbonyl (C=O) groups is 1. The van der Waals surface area contributed by atoms with Crippen LogP contribution in [0.1, 0.15) is 23.0 Å². The second-order valence-corrected chi connectivity index (χ2v) is 4.22. The lowest BCUT2D eigenvalue weighted by Gasteiger charge is -2.13.